The Balaban J connectivity index is 1.43. The zero-order valence-corrected chi connectivity index (χ0v) is 25.0. The minimum atomic E-state index is -0.699. The molecule has 10 nitrogen and oxygen atoms in total. The zero-order chi connectivity index (χ0) is 31.5. The molecule has 1 aliphatic heterocycles. The maximum absolute atomic E-state index is 15.5. The number of H-pyrrole nitrogens is 1. The number of aromatic nitrogens is 2. The van der Waals surface area contributed by atoms with Crippen molar-refractivity contribution < 1.29 is 18.7 Å². The smallest absolute Gasteiger partial charge is 0.328 e. The molecule has 0 unspecified atom stereocenters. The number of nitrogens with one attached hydrogen (secondary N) is 4. The Morgan fingerprint density at radius 1 is 1.05 bits per heavy atom. The zero-order valence-electron chi connectivity index (χ0n) is 25.0. The van der Waals surface area contributed by atoms with Crippen LogP contribution in [0.4, 0.5) is 10.1 Å². The van der Waals surface area contributed by atoms with Gasteiger partial charge in [0.15, 0.2) is 0 Å². The van der Waals surface area contributed by atoms with Gasteiger partial charge >= 0.3 is 5.69 Å². The van der Waals surface area contributed by atoms with E-state index in [2.05, 4.69) is 20.9 Å². The molecule has 1 aliphatic rings. The molecule has 0 aliphatic carbocycles. The van der Waals surface area contributed by atoms with Gasteiger partial charge in [0.25, 0.3) is 11.5 Å². The second kappa shape index (κ2) is 12.7. The van der Waals surface area contributed by atoms with Gasteiger partial charge in [0, 0.05) is 50.0 Å². The summed E-state index contributed by atoms with van der Waals surface area (Å²) in [6, 6.07) is 14.6. The number of benzene rings is 3. The number of anilines is 1. The summed E-state index contributed by atoms with van der Waals surface area (Å²) < 4.78 is 22.0. The number of carbonyl (C=O) groups is 2. The predicted molar refractivity (Wildman–Crippen MR) is 166 cm³/mol. The summed E-state index contributed by atoms with van der Waals surface area (Å²) in [5.41, 5.74) is 4.31. The maximum atomic E-state index is 15.5. The Morgan fingerprint density at radius 2 is 1.75 bits per heavy atom. The first-order chi connectivity index (χ1) is 21.1. The number of amides is 2. The van der Waals surface area contributed by atoms with E-state index >= 15 is 4.39 Å². The van der Waals surface area contributed by atoms with E-state index in [0.29, 0.717) is 42.0 Å². The Bertz CT molecular complexity index is 1870. The number of aromatic amines is 1. The molecule has 11 heteroatoms. The fraction of sp³-hybridized carbons (Fsp3) is 0.273. The van der Waals surface area contributed by atoms with Crippen molar-refractivity contribution in [2.24, 2.45) is 7.05 Å². The van der Waals surface area contributed by atoms with Gasteiger partial charge in [0.1, 0.15) is 17.1 Å². The molecule has 0 saturated carbocycles. The molecule has 1 atom stereocenters. The maximum Gasteiger partial charge on any atom is 0.328 e. The lowest BCUT2D eigenvalue weighted by Gasteiger charge is -2.24. The Morgan fingerprint density at radius 3 is 2.45 bits per heavy atom. The number of ether oxygens (including phenoxy) is 1. The molecule has 1 aromatic heterocycles. The summed E-state index contributed by atoms with van der Waals surface area (Å²) in [5.74, 6) is -0.589. The van der Waals surface area contributed by atoms with Gasteiger partial charge in [-0.05, 0) is 71.8 Å². The van der Waals surface area contributed by atoms with Crippen molar-refractivity contribution in [2.75, 3.05) is 19.0 Å². The van der Waals surface area contributed by atoms with Crippen LogP contribution >= 0.6 is 0 Å². The van der Waals surface area contributed by atoms with Gasteiger partial charge in [0.05, 0.1) is 7.11 Å². The molecule has 4 aromatic rings. The third-order valence-electron chi connectivity index (χ3n) is 8.15. The first-order valence-electron chi connectivity index (χ1n) is 14.3. The van der Waals surface area contributed by atoms with Crippen LogP contribution in [0.2, 0.25) is 0 Å². The SMILES string of the molecule is COc1cc(-c2cccc(-c3cccc(NC(=O)c4c[nH]c(=O)n(C)c4=O)c3C)c2C)cc(F)c1CN[C@H]1CCC(=O)NC1. The molecule has 1 saturated heterocycles. The summed E-state index contributed by atoms with van der Waals surface area (Å²) in [7, 11) is 2.81. The lowest BCUT2D eigenvalue weighted by Crippen LogP contribution is -2.45. The molecule has 4 N–H and O–H groups in total. The number of piperidine rings is 1. The van der Waals surface area contributed by atoms with Crippen LogP contribution in [0.25, 0.3) is 22.3 Å². The van der Waals surface area contributed by atoms with Crippen LogP contribution in [0.5, 0.6) is 5.75 Å². The van der Waals surface area contributed by atoms with Crippen molar-refractivity contribution in [1.82, 2.24) is 20.2 Å². The van der Waals surface area contributed by atoms with E-state index in [1.54, 1.807) is 12.1 Å². The quantitative estimate of drug-likeness (QED) is 0.244. The first-order valence-corrected chi connectivity index (χ1v) is 14.3. The van der Waals surface area contributed by atoms with E-state index in [4.69, 9.17) is 4.74 Å². The number of halogens is 1. The summed E-state index contributed by atoms with van der Waals surface area (Å²) in [4.78, 5) is 50.9. The lowest BCUT2D eigenvalue weighted by atomic mass is 9.90. The monoisotopic (exact) mass is 599 g/mol. The topological polar surface area (TPSA) is 134 Å². The molecule has 0 bridgehead atoms. The summed E-state index contributed by atoms with van der Waals surface area (Å²) in [5, 5.41) is 8.93. The number of hydrogen-bond donors (Lipinski definition) is 4. The van der Waals surface area contributed by atoms with Gasteiger partial charge in [-0.25, -0.2) is 9.18 Å². The van der Waals surface area contributed by atoms with Gasteiger partial charge in [-0.3, -0.25) is 19.0 Å². The minimum absolute atomic E-state index is 0.0262. The van der Waals surface area contributed by atoms with Gasteiger partial charge < -0.3 is 25.7 Å². The van der Waals surface area contributed by atoms with E-state index in [0.717, 1.165) is 38.6 Å². The Kier molecular flexibility index (Phi) is 8.77. The normalized spacial score (nSPS) is 14.7. The van der Waals surface area contributed by atoms with Crippen molar-refractivity contribution in [1.29, 1.82) is 0 Å². The van der Waals surface area contributed by atoms with E-state index < -0.39 is 23.0 Å². The summed E-state index contributed by atoms with van der Waals surface area (Å²) in [6.07, 6.45) is 2.24. The van der Waals surface area contributed by atoms with E-state index in [1.807, 2.05) is 44.2 Å². The van der Waals surface area contributed by atoms with E-state index in [9.17, 15) is 19.2 Å². The predicted octanol–water partition coefficient (Wildman–Crippen LogP) is 3.79. The van der Waals surface area contributed by atoms with Crippen LogP contribution in [-0.4, -0.2) is 41.1 Å². The van der Waals surface area contributed by atoms with Crippen molar-refractivity contribution in [2.45, 2.75) is 39.3 Å². The van der Waals surface area contributed by atoms with Crippen LogP contribution in [0, 0.1) is 19.7 Å². The van der Waals surface area contributed by atoms with Crippen molar-refractivity contribution in [3.05, 3.63) is 104 Å². The highest BCUT2D eigenvalue weighted by atomic mass is 19.1. The van der Waals surface area contributed by atoms with Crippen LogP contribution in [0.15, 0.2) is 64.3 Å². The molecule has 3 aromatic carbocycles. The molecule has 1 fully saturated rings. The standard InChI is InChI=1S/C33H34FN5O5/c1-18-22(20-13-27(34)25(29(14-20)44-4)16-35-21-11-12-30(40)36-15-21)7-5-8-23(18)24-9-6-10-28(19(24)2)38-31(41)26-17-37-33(43)39(3)32(26)42/h5-10,13-14,17,21,35H,11-12,15-16H2,1-4H3,(H,36,40)(H,37,43)(H,38,41)/t21-/m0/s1. The molecule has 0 radical (unpaired) electrons. The van der Waals surface area contributed by atoms with Gasteiger partial charge in [-0.2, -0.15) is 0 Å². The molecule has 44 heavy (non-hydrogen) atoms. The summed E-state index contributed by atoms with van der Waals surface area (Å²) >= 11 is 0. The highest BCUT2D eigenvalue weighted by Gasteiger charge is 2.21. The number of nitrogens with zero attached hydrogens (tertiary/aromatic N) is 1. The van der Waals surface area contributed by atoms with Crippen LogP contribution in [-0.2, 0) is 18.4 Å². The second-order valence-electron chi connectivity index (χ2n) is 10.8. The third-order valence-corrected chi connectivity index (χ3v) is 8.15. The number of carbonyl (C=O) groups excluding carboxylic acids is 2. The highest BCUT2D eigenvalue weighted by Crippen LogP contribution is 2.37. The molecule has 5 rings (SSSR count). The minimum Gasteiger partial charge on any atom is -0.496 e. The van der Waals surface area contributed by atoms with Crippen LogP contribution in [0.3, 0.4) is 0 Å². The summed E-state index contributed by atoms with van der Waals surface area (Å²) in [6.45, 7) is 4.58. The van der Waals surface area contributed by atoms with Gasteiger partial charge in [-0.15, -0.1) is 0 Å². The Labute approximate surface area is 253 Å². The molecule has 228 valence electrons. The number of methoxy groups -OCH3 is 1. The Hall–Kier alpha value is -5.03. The van der Waals surface area contributed by atoms with Crippen LogP contribution in [0.1, 0.15) is 39.9 Å². The largest absolute Gasteiger partial charge is 0.496 e. The fourth-order valence-electron chi connectivity index (χ4n) is 5.49. The number of hydrogen-bond acceptors (Lipinski definition) is 6. The van der Waals surface area contributed by atoms with Crippen molar-refractivity contribution >= 4 is 17.5 Å². The van der Waals surface area contributed by atoms with E-state index in [1.165, 1.54) is 20.2 Å². The lowest BCUT2D eigenvalue weighted by molar-refractivity contribution is -0.122. The van der Waals surface area contributed by atoms with Gasteiger partial charge in [0.2, 0.25) is 5.91 Å². The fourth-order valence-corrected chi connectivity index (χ4v) is 5.49. The molecule has 2 amide bonds. The van der Waals surface area contributed by atoms with Crippen LogP contribution < -0.4 is 31.9 Å². The molecular weight excluding hydrogens is 565 g/mol. The van der Waals surface area contributed by atoms with E-state index in [-0.39, 0.29) is 24.1 Å². The van der Waals surface area contributed by atoms with Gasteiger partial charge in [-0.1, -0.05) is 30.3 Å². The average molecular weight is 600 g/mol. The first kappa shape index (κ1) is 30.4. The molecular formula is C33H34FN5O5. The number of rotatable bonds is 8. The van der Waals surface area contributed by atoms with Crippen molar-refractivity contribution in [3.8, 4) is 28.0 Å². The highest BCUT2D eigenvalue weighted by molar-refractivity contribution is 6.04. The second-order valence-corrected chi connectivity index (χ2v) is 10.8. The average Bonchev–Trinajstić information content (AvgIpc) is 3.01. The molecule has 2 heterocycles. The molecule has 0 spiro atoms. The van der Waals surface area contributed by atoms with Crippen molar-refractivity contribution in [3.63, 3.8) is 0 Å². The third kappa shape index (κ3) is 6.04.